The highest BCUT2D eigenvalue weighted by atomic mass is 16.5. The third kappa shape index (κ3) is 4.23. The van der Waals surface area contributed by atoms with Gasteiger partial charge in [-0.15, -0.1) is 5.10 Å². The zero-order valence-corrected chi connectivity index (χ0v) is 18.3. The summed E-state index contributed by atoms with van der Waals surface area (Å²) in [5.74, 6) is -0.283. The predicted molar refractivity (Wildman–Crippen MR) is 119 cm³/mol. The molecule has 4 aromatic rings. The van der Waals surface area contributed by atoms with Crippen LogP contribution in [0.2, 0.25) is 0 Å². The predicted octanol–water partition coefficient (Wildman–Crippen LogP) is 4.34. The van der Waals surface area contributed by atoms with E-state index >= 15 is 0 Å². The van der Waals surface area contributed by atoms with Crippen LogP contribution in [-0.2, 0) is 16.3 Å². The van der Waals surface area contributed by atoms with E-state index in [1.54, 1.807) is 17.0 Å². The van der Waals surface area contributed by atoms with Crippen LogP contribution in [0.4, 0.5) is 0 Å². The van der Waals surface area contributed by atoms with Gasteiger partial charge in [-0.25, -0.2) is 0 Å². The fraction of sp³-hybridized carbons (Fsp3) is 0.292. The zero-order chi connectivity index (χ0) is 22.7. The van der Waals surface area contributed by atoms with Gasteiger partial charge in [0.15, 0.2) is 12.4 Å². The van der Waals surface area contributed by atoms with E-state index in [-0.39, 0.29) is 18.7 Å². The van der Waals surface area contributed by atoms with Crippen molar-refractivity contribution in [1.82, 2.24) is 24.5 Å². The van der Waals surface area contributed by atoms with Gasteiger partial charge in [-0.3, -0.25) is 14.0 Å². The number of nitrogens with zero attached hydrogens (tertiary/aromatic N) is 6. The molecular weight excluding hydrogens is 404 g/mol. The van der Waals surface area contributed by atoms with Gasteiger partial charge < -0.3 is 4.74 Å². The minimum atomic E-state index is -0.576. The van der Waals surface area contributed by atoms with Gasteiger partial charge in [0.2, 0.25) is 0 Å². The fourth-order valence-electron chi connectivity index (χ4n) is 3.45. The van der Waals surface area contributed by atoms with Crippen molar-refractivity contribution >= 4 is 17.0 Å². The molecular formula is C24H24N6O2. The van der Waals surface area contributed by atoms with Crippen molar-refractivity contribution in [3.63, 3.8) is 0 Å². The highest BCUT2D eigenvalue weighted by Crippen LogP contribution is 2.29. The molecule has 8 nitrogen and oxygen atoms in total. The van der Waals surface area contributed by atoms with Crippen LogP contribution < -0.4 is 0 Å². The maximum absolute atomic E-state index is 12.1. The maximum atomic E-state index is 12.1. The van der Waals surface area contributed by atoms with E-state index in [1.165, 1.54) is 0 Å². The van der Waals surface area contributed by atoms with Gasteiger partial charge in [-0.2, -0.15) is 15.5 Å². The Kier molecular flexibility index (Phi) is 5.73. The number of carbonyl (C=O) groups excluding carboxylic acids is 1. The number of fused-ring (bicyclic) bond motifs is 1. The summed E-state index contributed by atoms with van der Waals surface area (Å²) >= 11 is 0. The van der Waals surface area contributed by atoms with E-state index in [0.29, 0.717) is 12.1 Å². The minimum absolute atomic E-state index is 0.0647. The second-order valence-corrected chi connectivity index (χ2v) is 8.59. The number of hydrogen-bond donors (Lipinski definition) is 0. The largest absolute Gasteiger partial charge is 0.443 e. The summed E-state index contributed by atoms with van der Waals surface area (Å²) < 4.78 is 8.99. The van der Waals surface area contributed by atoms with Gasteiger partial charge in [-0.05, 0) is 32.4 Å². The lowest BCUT2D eigenvalue weighted by Crippen LogP contribution is -2.23. The quantitative estimate of drug-likeness (QED) is 0.424. The summed E-state index contributed by atoms with van der Waals surface area (Å²) in [4.78, 5) is 12.1. The van der Waals surface area contributed by atoms with Gasteiger partial charge in [0.25, 0.3) is 0 Å². The summed E-state index contributed by atoms with van der Waals surface area (Å²) in [6.45, 7) is 5.50. The molecule has 3 heterocycles. The second-order valence-electron chi connectivity index (χ2n) is 8.59. The molecule has 0 radical (unpaired) electrons. The topological polar surface area (TPSA) is 98.6 Å². The van der Waals surface area contributed by atoms with Crippen LogP contribution in [0.25, 0.3) is 22.2 Å². The molecule has 4 rings (SSSR count). The number of aromatic nitrogens is 5. The van der Waals surface area contributed by atoms with Crippen LogP contribution in [0.5, 0.6) is 0 Å². The summed E-state index contributed by atoms with van der Waals surface area (Å²) in [7, 11) is 0. The Bertz CT molecular complexity index is 1280. The number of rotatable bonds is 6. The normalized spacial score (nSPS) is 12.4. The lowest BCUT2D eigenvalue weighted by atomic mass is 9.98. The Morgan fingerprint density at radius 2 is 1.97 bits per heavy atom. The van der Waals surface area contributed by atoms with E-state index < -0.39 is 5.41 Å². The van der Waals surface area contributed by atoms with Crippen molar-refractivity contribution in [3.05, 3.63) is 66.7 Å². The molecule has 162 valence electrons. The first-order valence-electron chi connectivity index (χ1n) is 10.3. The van der Waals surface area contributed by atoms with Crippen LogP contribution in [-0.4, -0.2) is 30.5 Å². The van der Waals surface area contributed by atoms with Crippen LogP contribution >= 0.6 is 0 Å². The molecule has 0 aliphatic heterocycles. The first-order chi connectivity index (χ1) is 15.4. The lowest BCUT2D eigenvalue weighted by molar-refractivity contribution is -0.156. The standard InChI is InChI=1S/C24H24N6O2/c1-24(2,3)23(31)32-16-29-12-10-19-20(14-26-28-22(19)29)18-13-27-30(15-18)21(9-11-25)17-7-5-4-6-8-17/h4-8,10,12-15,21H,9,16H2,1-3H3. The number of hydrogen-bond acceptors (Lipinski definition) is 6. The Balaban J connectivity index is 1.64. The molecule has 8 heteroatoms. The molecule has 0 bridgehead atoms. The molecule has 0 saturated heterocycles. The number of benzene rings is 1. The molecule has 3 aromatic heterocycles. The van der Waals surface area contributed by atoms with Gasteiger partial charge in [0.1, 0.15) is 0 Å². The fourth-order valence-corrected chi connectivity index (χ4v) is 3.45. The number of carbonyl (C=O) groups is 1. The third-order valence-electron chi connectivity index (χ3n) is 5.21. The molecule has 1 unspecified atom stereocenters. The van der Waals surface area contributed by atoms with E-state index in [0.717, 1.165) is 22.1 Å². The third-order valence-corrected chi connectivity index (χ3v) is 5.21. The van der Waals surface area contributed by atoms with E-state index in [1.807, 2.05) is 74.2 Å². The lowest BCUT2D eigenvalue weighted by Gasteiger charge is -2.16. The van der Waals surface area contributed by atoms with Crippen molar-refractivity contribution in [2.24, 2.45) is 5.41 Å². The molecule has 0 amide bonds. The Hall–Kier alpha value is -3.99. The molecule has 0 aliphatic rings. The van der Waals surface area contributed by atoms with Gasteiger partial charge in [0, 0.05) is 28.9 Å². The molecule has 0 saturated carbocycles. The Morgan fingerprint density at radius 1 is 1.19 bits per heavy atom. The van der Waals surface area contributed by atoms with Crippen molar-refractivity contribution in [2.45, 2.75) is 40.0 Å². The summed E-state index contributed by atoms with van der Waals surface area (Å²) in [5, 5.41) is 23.1. The van der Waals surface area contributed by atoms with Crippen molar-refractivity contribution in [1.29, 1.82) is 5.26 Å². The average molecular weight is 428 g/mol. The molecule has 0 fully saturated rings. The van der Waals surface area contributed by atoms with Gasteiger partial charge in [-0.1, -0.05) is 30.3 Å². The summed E-state index contributed by atoms with van der Waals surface area (Å²) in [6.07, 6.45) is 7.51. The van der Waals surface area contributed by atoms with Crippen LogP contribution in [0.15, 0.2) is 61.2 Å². The molecule has 0 spiro atoms. The molecule has 1 atom stereocenters. The maximum Gasteiger partial charge on any atom is 0.312 e. The molecule has 0 N–H and O–H groups in total. The Labute approximate surface area is 186 Å². The summed E-state index contributed by atoms with van der Waals surface area (Å²) in [6, 6.07) is 13.8. The Morgan fingerprint density at radius 3 is 2.69 bits per heavy atom. The van der Waals surface area contributed by atoms with Crippen LogP contribution in [0.1, 0.15) is 38.8 Å². The monoisotopic (exact) mass is 428 g/mol. The minimum Gasteiger partial charge on any atom is -0.443 e. The molecule has 0 aliphatic carbocycles. The van der Waals surface area contributed by atoms with Gasteiger partial charge in [0.05, 0.1) is 36.3 Å². The summed E-state index contributed by atoms with van der Waals surface area (Å²) in [5.41, 5.74) is 2.80. The number of ether oxygens (including phenoxy) is 1. The zero-order valence-electron chi connectivity index (χ0n) is 18.3. The van der Waals surface area contributed by atoms with E-state index in [4.69, 9.17) is 4.74 Å². The van der Waals surface area contributed by atoms with E-state index in [2.05, 4.69) is 21.4 Å². The van der Waals surface area contributed by atoms with Crippen molar-refractivity contribution in [3.8, 4) is 17.2 Å². The van der Waals surface area contributed by atoms with E-state index in [9.17, 15) is 10.1 Å². The van der Waals surface area contributed by atoms with Crippen LogP contribution in [0.3, 0.4) is 0 Å². The van der Waals surface area contributed by atoms with Crippen molar-refractivity contribution in [2.75, 3.05) is 0 Å². The highest BCUT2D eigenvalue weighted by Gasteiger charge is 2.23. The second kappa shape index (κ2) is 8.63. The molecule has 1 aromatic carbocycles. The first-order valence-corrected chi connectivity index (χ1v) is 10.3. The van der Waals surface area contributed by atoms with Crippen LogP contribution in [0, 0.1) is 16.7 Å². The first kappa shape index (κ1) is 21.2. The SMILES string of the molecule is CC(C)(C)C(=O)OCn1ccc2c(-c3cnn(C(CC#N)c4ccccc4)c3)cnnc21. The molecule has 32 heavy (non-hydrogen) atoms. The highest BCUT2D eigenvalue weighted by molar-refractivity contribution is 5.92. The van der Waals surface area contributed by atoms with Crippen molar-refractivity contribution < 1.29 is 9.53 Å². The smallest absolute Gasteiger partial charge is 0.312 e. The van der Waals surface area contributed by atoms with Gasteiger partial charge >= 0.3 is 5.97 Å². The number of esters is 1. The number of nitriles is 1. The average Bonchev–Trinajstić information content (AvgIpc) is 3.43.